The number of carbonyl (C=O) groups is 2. The minimum atomic E-state index is -4.27. The van der Waals surface area contributed by atoms with Crippen LogP contribution in [0.2, 0.25) is 10.0 Å². The van der Waals surface area contributed by atoms with E-state index in [2.05, 4.69) is 5.32 Å². The minimum Gasteiger partial charge on any atom is -0.497 e. The van der Waals surface area contributed by atoms with E-state index >= 15 is 0 Å². The van der Waals surface area contributed by atoms with Crippen LogP contribution >= 0.6 is 23.2 Å². The number of amides is 2. The summed E-state index contributed by atoms with van der Waals surface area (Å²) in [6, 6.07) is 27.7. The van der Waals surface area contributed by atoms with Gasteiger partial charge in [0.1, 0.15) is 18.3 Å². The van der Waals surface area contributed by atoms with Crippen molar-refractivity contribution in [1.29, 1.82) is 0 Å². The SMILES string of the molecule is CCCNC(=O)C(Cc1ccccc1)N(Cc1cccc(OC)c1)C(=O)CN(c1cc(Cl)cc(Cl)c1)S(=O)(=O)c1ccccc1. The molecule has 4 aromatic carbocycles. The maximum Gasteiger partial charge on any atom is 0.264 e. The lowest BCUT2D eigenvalue weighted by molar-refractivity contribution is -0.140. The van der Waals surface area contributed by atoms with Gasteiger partial charge in [0, 0.05) is 29.6 Å². The maximum atomic E-state index is 14.5. The van der Waals surface area contributed by atoms with E-state index < -0.39 is 28.5 Å². The van der Waals surface area contributed by atoms with E-state index in [9.17, 15) is 18.0 Å². The number of nitrogens with zero attached hydrogens (tertiary/aromatic N) is 2. The summed E-state index contributed by atoms with van der Waals surface area (Å²) in [5.41, 5.74) is 1.65. The summed E-state index contributed by atoms with van der Waals surface area (Å²) < 4.78 is 34.5. The van der Waals surface area contributed by atoms with E-state index in [1.54, 1.807) is 43.5 Å². The highest BCUT2D eigenvalue weighted by Crippen LogP contribution is 2.30. The number of methoxy groups -OCH3 is 1. The molecule has 0 spiro atoms. The van der Waals surface area contributed by atoms with Gasteiger partial charge in [0.2, 0.25) is 11.8 Å². The van der Waals surface area contributed by atoms with Crippen molar-refractivity contribution in [2.24, 2.45) is 0 Å². The number of ether oxygens (including phenoxy) is 1. The fourth-order valence-corrected chi connectivity index (χ4v) is 6.75. The van der Waals surface area contributed by atoms with Gasteiger partial charge in [-0.25, -0.2) is 8.42 Å². The zero-order valence-electron chi connectivity index (χ0n) is 25.0. The molecule has 0 radical (unpaired) electrons. The average Bonchev–Trinajstić information content (AvgIpc) is 3.04. The predicted molar refractivity (Wildman–Crippen MR) is 178 cm³/mol. The molecule has 0 bridgehead atoms. The van der Waals surface area contributed by atoms with E-state index in [1.165, 1.54) is 35.2 Å². The number of anilines is 1. The second kappa shape index (κ2) is 15.8. The van der Waals surface area contributed by atoms with E-state index in [0.717, 1.165) is 9.87 Å². The van der Waals surface area contributed by atoms with Crippen LogP contribution in [0.4, 0.5) is 5.69 Å². The molecule has 4 aromatic rings. The van der Waals surface area contributed by atoms with Crippen molar-refractivity contribution in [3.8, 4) is 5.75 Å². The first kappa shape index (κ1) is 33.8. The summed E-state index contributed by atoms with van der Waals surface area (Å²) in [5.74, 6) is -0.363. The van der Waals surface area contributed by atoms with Crippen molar-refractivity contribution < 1.29 is 22.7 Å². The van der Waals surface area contributed by atoms with Gasteiger partial charge >= 0.3 is 0 Å². The molecule has 0 aliphatic heterocycles. The average molecular weight is 669 g/mol. The molecule has 0 aliphatic carbocycles. The predicted octanol–water partition coefficient (Wildman–Crippen LogP) is 6.36. The van der Waals surface area contributed by atoms with E-state index in [-0.39, 0.29) is 39.5 Å². The molecule has 0 heterocycles. The Morgan fingerprint density at radius 2 is 1.47 bits per heavy atom. The Morgan fingerprint density at radius 3 is 2.09 bits per heavy atom. The van der Waals surface area contributed by atoms with Crippen LogP contribution in [0.15, 0.2) is 108 Å². The van der Waals surface area contributed by atoms with Crippen LogP contribution in [0.1, 0.15) is 24.5 Å². The fourth-order valence-electron chi connectivity index (χ4n) is 4.82. The van der Waals surface area contributed by atoms with Crippen LogP contribution in [-0.2, 0) is 32.6 Å². The van der Waals surface area contributed by atoms with Gasteiger partial charge in [-0.3, -0.25) is 13.9 Å². The number of sulfonamides is 1. The van der Waals surface area contributed by atoms with Gasteiger partial charge in [-0.15, -0.1) is 0 Å². The summed E-state index contributed by atoms with van der Waals surface area (Å²) in [5, 5.41) is 3.33. The van der Waals surface area contributed by atoms with Gasteiger partial charge in [0.25, 0.3) is 10.0 Å². The standard InChI is InChI=1S/C34H35Cl2N3O5S/c1-3-17-37-34(41)32(19-25-11-6-4-7-12-25)38(23-26-13-10-14-30(18-26)44-2)33(40)24-39(29-21-27(35)20-28(36)22-29)45(42,43)31-15-8-5-9-16-31/h4-16,18,20-22,32H,3,17,19,23-24H2,1-2H3,(H,37,41). The Morgan fingerprint density at radius 1 is 0.844 bits per heavy atom. The number of rotatable bonds is 14. The van der Waals surface area contributed by atoms with Crippen molar-refractivity contribution in [2.45, 2.75) is 37.2 Å². The molecule has 236 valence electrons. The molecule has 1 N–H and O–H groups in total. The third-order valence-corrected chi connectivity index (χ3v) is 9.28. The molecule has 1 unspecified atom stereocenters. The fraction of sp³-hybridized carbons (Fsp3) is 0.235. The molecule has 45 heavy (non-hydrogen) atoms. The molecular formula is C34H35Cl2N3O5S. The van der Waals surface area contributed by atoms with Crippen molar-refractivity contribution in [3.05, 3.63) is 124 Å². The first-order valence-electron chi connectivity index (χ1n) is 14.4. The molecule has 4 rings (SSSR count). The van der Waals surface area contributed by atoms with Gasteiger partial charge in [-0.05, 0) is 60.0 Å². The Balaban J connectivity index is 1.82. The van der Waals surface area contributed by atoms with Crippen LogP contribution in [-0.4, -0.2) is 51.4 Å². The molecular weight excluding hydrogens is 633 g/mol. The second-order valence-electron chi connectivity index (χ2n) is 10.3. The van der Waals surface area contributed by atoms with Gasteiger partial charge in [0.15, 0.2) is 0 Å². The Bertz CT molecular complexity index is 1690. The number of halogens is 2. The van der Waals surface area contributed by atoms with Crippen LogP contribution in [0.5, 0.6) is 5.75 Å². The van der Waals surface area contributed by atoms with Crippen molar-refractivity contribution in [3.63, 3.8) is 0 Å². The van der Waals surface area contributed by atoms with Crippen LogP contribution in [0, 0.1) is 0 Å². The second-order valence-corrected chi connectivity index (χ2v) is 13.1. The zero-order valence-corrected chi connectivity index (χ0v) is 27.4. The first-order chi connectivity index (χ1) is 21.6. The summed E-state index contributed by atoms with van der Waals surface area (Å²) in [7, 11) is -2.73. The lowest BCUT2D eigenvalue weighted by Crippen LogP contribution is -2.53. The minimum absolute atomic E-state index is 0.0165. The monoisotopic (exact) mass is 667 g/mol. The van der Waals surface area contributed by atoms with E-state index in [0.29, 0.717) is 24.3 Å². The molecule has 11 heteroatoms. The Labute approximate surface area is 274 Å². The Hall–Kier alpha value is -4.05. The van der Waals surface area contributed by atoms with Gasteiger partial charge in [-0.1, -0.05) is 90.8 Å². The molecule has 0 aromatic heterocycles. The molecule has 0 fully saturated rings. The van der Waals surface area contributed by atoms with Gasteiger partial charge in [0.05, 0.1) is 17.7 Å². The van der Waals surface area contributed by atoms with E-state index in [1.807, 2.05) is 43.3 Å². The first-order valence-corrected chi connectivity index (χ1v) is 16.6. The van der Waals surface area contributed by atoms with Gasteiger partial charge in [-0.2, -0.15) is 0 Å². The van der Waals surface area contributed by atoms with E-state index in [4.69, 9.17) is 27.9 Å². The molecule has 8 nitrogen and oxygen atoms in total. The number of nitrogens with one attached hydrogen (secondary N) is 1. The van der Waals surface area contributed by atoms with Crippen molar-refractivity contribution in [1.82, 2.24) is 10.2 Å². The van der Waals surface area contributed by atoms with Crippen LogP contribution in [0.3, 0.4) is 0 Å². The Kier molecular flexibility index (Phi) is 11.9. The number of benzene rings is 4. The number of hydrogen-bond donors (Lipinski definition) is 1. The van der Waals surface area contributed by atoms with Crippen molar-refractivity contribution >= 4 is 50.7 Å². The highest BCUT2D eigenvalue weighted by molar-refractivity contribution is 7.92. The van der Waals surface area contributed by atoms with Gasteiger partial charge < -0.3 is 15.0 Å². The number of hydrogen-bond acceptors (Lipinski definition) is 5. The summed E-state index contributed by atoms with van der Waals surface area (Å²) in [6.45, 7) is 1.75. The summed E-state index contributed by atoms with van der Waals surface area (Å²) in [4.78, 5) is 29.6. The third-order valence-electron chi connectivity index (χ3n) is 7.05. The summed E-state index contributed by atoms with van der Waals surface area (Å²) >= 11 is 12.6. The third kappa shape index (κ3) is 9.00. The van der Waals surface area contributed by atoms with Crippen LogP contribution in [0.25, 0.3) is 0 Å². The number of carbonyl (C=O) groups excluding carboxylic acids is 2. The smallest absolute Gasteiger partial charge is 0.264 e. The summed E-state index contributed by atoms with van der Waals surface area (Å²) in [6.07, 6.45) is 0.909. The molecule has 0 saturated heterocycles. The molecule has 0 aliphatic rings. The molecule has 2 amide bonds. The largest absolute Gasteiger partial charge is 0.497 e. The molecule has 1 atom stereocenters. The lowest BCUT2D eigenvalue weighted by atomic mass is 10.0. The molecule has 0 saturated carbocycles. The topological polar surface area (TPSA) is 96.0 Å². The lowest BCUT2D eigenvalue weighted by Gasteiger charge is -2.34. The highest BCUT2D eigenvalue weighted by Gasteiger charge is 2.34. The quantitative estimate of drug-likeness (QED) is 0.169. The maximum absolute atomic E-state index is 14.5. The zero-order chi connectivity index (χ0) is 32.4. The normalized spacial score (nSPS) is 11.8. The highest BCUT2D eigenvalue weighted by atomic mass is 35.5. The van der Waals surface area contributed by atoms with Crippen molar-refractivity contribution in [2.75, 3.05) is 24.5 Å². The van der Waals surface area contributed by atoms with Crippen LogP contribution < -0.4 is 14.4 Å².